The summed E-state index contributed by atoms with van der Waals surface area (Å²) in [5.74, 6) is 0.532. The van der Waals surface area contributed by atoms with Crippen LogP contribution in [0.5, 0.6) is 0 Å². The van der Waals surface area contributed by atoms with E-state index in [-0.39, 0.29) is 11.6 Å². The molecule has 0 aliphatic heterocycles. The number of hydrogen-bond donors (Lipinski definition) is 0. The molecule has 0 radical (unpaired) electrons. The van der Waals surface area contributed by atoms with E-state index in [1.54, 1.807) is 12.1 Å². The van der Waals surface area contributed by atoms with Gasteiger partial charge in [0.25, 0.3) is 0 Å². The van der Waals surface area contributed by atoms with Crippen LogP contribution in [0, 0.1) is 11.6 Å². The number of hydrogen-bond acceptors (Lipinski definition) is 5. The molecule has 0 saturated heterocycles. The average Bonchev–Trinajstić information content (AvgIpc) is 4.10. The summed E-state index contributed by atoms with van der Waals surface area (Å²) < 4.78 is 45.7. The minimum absolute atomic E-state index is 0.354. The van der Waals surface area contributed by atoms with E-state index < -0.39 is 0 Å². The quantitative estimate of drug-likeness (QED) is 0.172. The van der Waals surface area contributed by atoms with Crippen molar-refractivity contribution >= 4 is 87.5 Å². The summed E-state index contributed by atoms with van der Waals surface area (Å²) in [5.41, 5.74) is 11.3. The van der Waals surface area contributed by atoms with Gasteiger partial charge in [-0.25, -0.2) is 13.8 Å². The van der Waals surface area contributed by atoms with Gasteiger partial charge in [0.05, 0.1) is 22.1 Å². The molecular formula is C57H31F2N5O2. The van der Waals surface area contributed by atoms with Crippen molar-refractivity contribution < 1.29 is 17.6 Å². The Hall–Kier alpha value is -8.95. The highest BCUT2D eigenvalue weighted by Crippen LogP contribution is 2.40. The molecule has 9 aromatic carbocycles. The zero-order valence-corrected chi connectivity index (χ0v) is 34.7. The normalized spacial score (nSPS) is 12.1. The van der Waals surface area contributed by atoms with Crippen LogP contribution in [-0.2, 0) is 0 Å². The van der Waals surface area contributed by atoms with Crippen molar-refractivity contribution in [2.24, 2.45) is 0 Å². The molecule has 0 saturated carbocycles. The highest BCUT2D eigenvalue weighted by atomic mass is 19.1. The lowest BCUT2D eigenvalue weighted by atomic mass is 10.0. The standard InChI is InChI=1S/C57H31F2N5O2/c58-36-18-24-53-45(30-36)43-28-34(16-22-51(43)65-53)55-60-56(35-17-23-52-44(29-35)46-31-37(59)19-25-54(46)66-52)62-57(61-55)64-48-13-7-5-11-40(48)42-27-33(15-21-50(42)64)32-14-20-49-41(26-32)39-10-4-6-12-47(39)63(49)38-8-2-1-3-9-38/h1-31H. The molecule has 0 atom stereocenters. The van der Waals surface area contributed by atoms with E-state index in [1.807, 2.05) is 54.6 Å². The van der Waals surface area contributed by atoms with Crippen LogP contribution >= 0.6 is 0 Å². The van der Waals surface area contributed by atoms with Crippen molar-refractivity contribution in [3.8, 4) is 45.5 Å². The fraction of sp³-hybridized carbons (Fsp3) is 0. The van der Waals surface area contributed by atoms with E-state index in [9.17, 15) is 8.78 Å². The maximum absolute atomic E-state index is 14.6. The highest BCUT2D eigenvalue weighted by molar-refractivity contribution is 6.13. The molecular weight excluding hydrogens is 825 g/mol. The minimum atomic E-state index is -0.354. The van der Waals surface area contributed by atoms with Crippen LogP contribution in [0.15, 0.2) is 197 Å². The lowest BCUT2D eigenvalue weighted by Crippen LogP contribution is -2.06. The summed E-state index contributed by atoms with van der Waals surface area (Å²) in [6.45, 7) is 0. The molecule has 14 rings (SSSR count). The number of rotatable bonds is 5. The third kappa shape index (κ3) is 5.50. The highest BCUT2D eigenvalue weighted by Gasteiger charge is 2.21. The topological polar surface area (TPSA) is 74.8 Å². The molecule has 66 heavy (non-hydrogen) atoms. The third-order valence-corrected chi connectivity index (χ3v) is 12.9. The molecule has 0 bridgehead atoms. The first kappa shape index (κ1) is 36.5. The van der Waals surface area contributed by atoms with Gasteiger partial charge < -0.3 is 13.4 Å². The maximum atomic E-state index is 14.6. The number of furan rings is 2. The smallest absolute Gasteiger partial charge is 0.238 e. The predicted octanol–water partition coefficient (Wildman–Crippen LogP) is 15.1. The Bertz CT molecular complexity index is 4200. The summed E-state index contributed by atoms with van der Waals surface area (Å²) >= 11 is 0. The summed E-state index contributed by atoms with van der Waals surface area (Å²) in [7, 11) is 0. The molecule has 9 heteroatoms. The SMILES string of the molecule is Fc1ccc2oc3ccc(-c4nc(-c5ccc6oc7ccc(F)cc7c6c5)nc(-n5c6ccccc6c6cc(-c7ccc8c(c7)c7ccccc7n8-c7ccccc7)ccc65)n4)cc3c2c1. The second-order valence-corrected chi connectivity index (χ2v) is 16.7. The van der Waals surface area contributed by atoms with E-state index in [4.69, 9.17) is 23.8 Å². The van der Waals surface area contributed by atoms with E-state index in [2.05, 4.69) is 106 Å². The maximum Gasteiger partial charge on any atom is 0.238 e. The molecule has 0 amide bonds. The molecule has 0 unspecified atom stereocenters. The van der Waals surface area contributed by atoms with Crippen LogP contribution in [0.3, 0.4) is 0 Å². The number of aromatic nitrogens is 5. The molecule has 5 aromatic heterocycles. The van der Waals surface area contributed by atoms with Crippen LogP contribution in [-0.4, -0.2) is 24.1 Å². The average molecular weight is 856 g/mol. The van der Waals surface area contributed by atoms with Crippen LogP contribution in [0.2, 0.25) is 0 Å². The van der Waals surface area contributed by atoms with Crippen molar-refractivity contribution in [3.63, 3.8) is 0 Å². The molecule has 5 heterocycles. The lowest BCUT2D eigenvalue weighted by Gasteiger charge is -2.11. The number of para-hydroxylation sites is 3. The largest absolute Gasteiger partial charge is 0.456 e. The molecule has 0 aliphatic carbocycles. The molecule has 0 spiro atoms. The lowest BCUT2D eigenvalue weighted by molar-refractivity contribution is 0.626. The Morgan fingerprint density at radius 2 is 0.727 bits per heavy atom. The van der Waals surface area contributed by atoms with Gasteiger partial charge >= 0.3 is 0 Å². The first-order valence-electron chi connectivity index (χ1n) is 21.6. The van der Waals surface area contributed by atoms with Crippen LogP contribution in [0.25, 0.3) is 133 Å². The van der Waals surface area contributed by atoms with Gasteiger partial charge in [-0.1, -0.05) is 66.7 Å². The molecule has 0 fully saturated rings. The van der Waals surface area contributed by atoms with Crippen LogP contribution in [0.1, 0.15) is 0 Å². The fourth-order valence-electron chi connectivity index (χ4n) is 9.88. The van der Waals surface area contributed by atoms with Crippen LogP contribution in [0.4, 0.5) is 8.78 Å². The van der Waals surface area contributed by atoms with Crippen molar-refractivity contribution in [1.82, 2.24) is 24.1 Å². The second kappa shape index (κ2) is 13.8. The zero-order valence-electron chi connectivity index (χ0n) is 34.7. The fourth-order valence-corrected chi connectivity index (χ4v) is 9.88. The Kier molecular flexibility index (Phi) is 7.62. The molecule has 7 nitrogen and oxygen atoms in total. The first-order valence-corrected chi connectivity index (χ1v) is 21.6. The van der Waals surface area contributed by atoms with Crippen LogP contribution < -0.4 is 0 Å². The van der Waals surface area contributed by atoms with E-state index >= 15 is 0 Å². The van der Waals surface area contributed by atoms with E-state index in [0.717, 1.165) is 60.4 Å². The number of benzene rings is 9. The predicted molar refractivity (Wildman–Crippen MR) is 259 cm³/mol. The van der Waals surface area contributed by atoms with Gasteiger partial charge in [-0.2, -0.15) is 9.97 Å². The molecule has 310 valence electrons. The number of halogens is 2. The third-order valence-electron chi connectivity index (χ3n) is 12.9. The Labute approximate surface area is 373 Å². The summed E-state index contributed by atoms with van der Waals surface area (Å²) in [6.07, 6.45) is 0. The minimum Gasteiger partial charge on any atom is -0.456 e. The van der Waals surface area contributed by atoms with Gasteiger partial charge in [0, 0.05) is 59.9 Å². The zero-order chi connectivity index (χ0) is 43.6. The van der Waals surface area contributed by atoms with Gasteiger partial charge in [0.1, 0.15) is 34.0 Å². The number of nitrogens with zero attached hydrogens (tertiary/aromatic N) is 5. The second-order valence-electron chi connectivity index (χ2n) is 16.7. The molecule has 14 aromatic rings. The van der Waals surface area contributed by atoms with E-state index in [1.165, 1.54) is 35.0 Å². The van der Waals surface area contributed by atoms with Gasteiger partial charge in [-0.3, -0.25) is 4.57 Å². The van der Waals surface area contributed by atoms with Gasteiger partial charge in [0.2, 0.25) is 5.95 Å². The summed E-state index contributed by atoms with van der Waals surface area (Å²) in [5, 5.41) is 7.25. The number of fused-ring (bicyclic) bond motifs is 12. The summed E-state index contributed by atoms with van der Waals surface area (Å²) in [4.78, 5) is 15.5. The van der Waals surface area contributed by atoms with E-state index in [0.29, 0.717) is 61.8 Å². The Balaban J connectivity index is 0.973. The van der Waals surface area contributed by atoms with Crippen molar-refractivity contribution in [2.45, 2.75) is 0 Å². The summed E-state index contributed by atoms with van der Waals surface area (Å²) in [6, 6.07) is 61.0. The van der Waals surface area contributed by atoms with Gasteiger partial charge in [-0.05, 0) is 132 Å². The Morgan fingerprint density at radius 1 is 0.318 bits per heavy atom. The van der Waals surface area contributed by atoms with Crippen molar-refractivity contribution in [3.05, 3.63) is 200 Å². The first-order chi connectivity index (χ1) is 32.5. The van der Waals surface area contributed by atoms with Gasteiger partial charge in [-0.15, -0.1) is 0 Å². The Morgan fingerprint density at radius 3 is 1.27 bits per heavy atom. The van der Waals surface area contributed by atoms with Gasteiger partial charge in [0.15, 0.2) is 11.6 Å². The molecule has 0 N–H and O–H groups in total. The molecule has 0 aliphatic rings. The van der Waals surface area contributed by atoms with Crippen molar-refractivity contribution in [2.75, 3.05) is 0 Å². The van der Waals surface area contributed by atoms with Crippen molar-refractivity contribution in [1.29, 1.82) is 0 Å². The monoisotopic (exact) mass is 855 g/mol.